The predicted molar refractivity (Wildman–Crippen MR) is 104 cm³/mol. The monoisotopic (exact) mass is 444 g/mol. The molecule has 30 heavy (non-hydrogen) atoms. The van der Waals surface area contributed by atoms with Gasteiger partial charge in [0.15, 0.2) is 9.84 Å². The number of sulfone groups is 1. The van der Waals surface area contributed by atoms with Crippen molar-refractivity contribution >= 4 is 27.0 Å². The number of halogens is 3. The Morgan fingerprint density at radius 1 is 1.07 bits per heavy atom. The lowest BCUT2D eigenvalue weighted by molar-refractivity contribution is -0.387. The van der Waals surface area contributed by atoms with Crippen LogP contribution in [0.15, 0.2) is 41.4 Å². The largest absolute Gasteiger partial charge is 0.417 e. The minimum Gasteiger partial charge on any atom is -0.364 e. The second-order valence-electron chi connectivity index (χ2n) is 6.88. The number of hydrogen-bond acceptors (Lipinski definition) is 7. The molecule has 3 rings (SSSR count). The van der Waals surface area contributed by atoms with Crippen LogP contribution in [0.2, 0.25) is 0 Å². The summed E-state index contributed by atoms with van der Waals surface area (Å²) >= 11 is 0. The molecular weight excluding hydrogens is 425 g/mol. The van der Waals surface area contributed by atoms with Gasteiger partial charge >= 0.3 is 11.9 Å². The van der Waals surface area contributed by atoms with E-state index in [1.54, 1.807) is 9.80 Å². The topological polar surface area (TPSA) is 96.7 Å². The van der Waals surface area contributed by atoms with Crippen LogP contribution in [-0.4, -0.2) is 50.8 Å². The Morgan fingerprint density at radius 2 is 1.73 bits per heavy atom. The summed E-state index contributed by atoms with van der Waals surface area (Å²) in [6, 6.07) is 6.42. The van der Waals surface area contributed by atoms with Gasteiger partial charge in [0.05, 0.1) is 10.5 Å². The van der Waals surface area contributed by atoms with Gasteiger partial charge in [-0.2, -0.15) is 13.2 Å². The lowest BCUT2D eigenvalue weighted by Crippen LogP contribution is -2.31. The average Bonchev–Trinajstić information content (AvgIpc) is 2.92. The Hall–Kier alpha value is -2.89. The molecule has 1 fully saturated rings. The first kappa shape index (κ1) is 21.8. The van der Waals surface area contributed by atoms with E-state index in [-0.39, 0.29) is 10.6 Å². The Balaban J connectivity index is 1.85. The molecule has 0 N–H and O–H groups in total. The van der Waals surface area contributed by atoms with Gasteiger partial charge in [-0.1, -0.05) is 6.07 Å². The molecule has 0 spiro atoms. The van der Waals surface area contributed by atoms with Crippen LogP contribution in [0.5, 0.6) is 0 Å². The lowest BCUT2D eigenvalue weighted by atomic mass is 10.2. The number of alkyl halides is 3. The molecule has 0 unspecified atom stereocenters. The summed E-state index contributed by atoms with van der Waals surface area (Å²) in [7, 11) is -3.80. The number of pyridine rings is 1. The molecule has 0 saturated carbocycles. The molecule has 1 aromatic heterocycles. The molecule has 0 aliphatic carbocycles. The van der Waals surface area contributed by atoms with Crippen molar-refractivity contribution in [3.63, 3.8) is 0 Å². The number of nitrogens with zero attached hydrogens (tertiary/aromatic N) is 4. The predicted octanol–water partition coefficient (Wildman–Crippen LogP) is 3.13. The maximum Gasteiger partial charge on any atom is 0.417 e. The van der Waals surface area contributed by atoms with Gasteiger partial charge in [-0.05, 0) is 30.7 Å². The molecule has 2 aromatic rings. The van der Waals surface area contributed by atoms with Gasteiger partial charge in [0.1, 0.15) is 16.4 Å². The highest BCUT2D eigenvalue weighted by Crippen LogP contribution is 2.35. The van der Waals surface area contributed by atoms with Crippen molar-refractivity contribution in [3.8, 4) is 0 Å². The first-order valence-electron chi connectivity index (χ1n) is 8.99. The van der Waals surface area contributed by atoms with E-state index in [4.69, 9.17) is 0 Å². The van der Waals surface area contributed by atoms with E-state index in [2.05, 4.69) is 4.98 Å². The van der Waals surface area contributed by atoms with Gasteiger partial charge in [0, 0.05) is 38.6 Å². The fourth-order valence-electron chi connectivity index (χ4n) is 3.38. The molecule has 0 radical (unpaired) electrons. The van der Waals surface area contributed by atoms with Gasteiger partial charge < -0.3 is 9.80 Å². The van der Waals surface area contributed by atoms with Crippen LogP contribution < -0.4 is 9.80 Å². The summed E-state index contributed by atoms with van der Waals surface area (Å²) in [4.78, 5) is 18.0. The number of hydrogen-bond donors (Lipinski definition) is 0. The van der Waals surface area contributed by atoms with Gasteiger partial charge in [0.2, 0.25) is 0 Å². The quantitative estimate of drug-likeness (QED) is 0.528. The molecule has 1 aliphatic rings. The maximum absolute atomic E-state index is 12.7. The van der Waals surface area contributed by atoms with Crippen LogP contribution in [0.4, 0.5) is 30.4 Å². The molecule has 1 saturated heterocycles. The molecule has 0 bridgehead atoms. The Bertz CT molecular complexity index is 1040. The molecular formula is C18H19F3N4O4S. The van der Waals surface area contributed by atoms with Crippen LogP contribution >= 0.6 is 0 Å². The summed E-state index contributed by atoms with van der Waals surface area (Å²) in [5.41, 5.74) is -1.11. The van der Waals surface area contributed by atoms with E-state index in [1.807, 2.05) is 0 Å². The van der Waals surface area contributed by atoms with E-state index < -0.39 is 32.2 Å². The molecule has 0 atom stereocenters. The molecule has 1 aliphatic heterocycles. The van der Waals surface area contributed by atoms with Crippen LogP contribution in [-0.2, 0) is 16.0 Å². The van der Waals surface area contributed by atoms with Crippen molar-refractivity contribution in [2.24, 2.45) is 0 Å². The van der Waals surface area contributed by atoms with E-state index >= 15 is 0 Å². The smallest absolute Gasteiger partial charge is 0.364 e. The Kier molecular flexibility index (Phi) is 5.88. The third-order valence-corrected chi connectivity index (χ3v) is 5.92. The average molecular weight is 444 g/mol. The highest BCUT2D eigenvalue weighted by molar-refractivity contribution is 7.90. The third-order valence-electron chi connectivity index (χ3n) is 4.80. The highest BCUT2D eigenvalue weighted by atomic mass is 32.2. The van der Waals surface area contributed by atoms with Crippen LogP contribution in [0, 0.1) is 10.1 Å². The highest BCUT2D eigenvalue weighted by Gasteiger charge is 2.32. The molecule has 12 heteroatoms. The fraction of sp³-hybridized carbons (Fsp3) is 0.389. The molecule has 1 aromatic carbocycles. The summed E-state index contributed by atoms with van der Waals surface area (Å²) in [5, 5.41) is 11.6. The van der Waals surface area contributed by atoms with Crippen molar-refractivity contribution in [2.75, 3.05) is 42.2 Å². The van der Waals surface area contributed by atoms with Gasteiger partial charge in [-0.25, -0.2) is 13.4 Å². The van der Waals surface area contributed by atoms with Crippen molar-refractivity contribution in [2.45, 2.75) is 17.5 Å². The van der Waals surface area contributed by atoms with Crippen molar-refractivity contribution in [3.05, 3.63) is 52.2 Å². The van der Waals surface area contributed by atoms with Crippen molar-refractivity contribution in [1.29, 1.82) is 0 Å². The van der Waals surface area contributed by atoms with E-state index in [0.29, 0.717) is 38.4 Å². The molecule has 162 valence electrons. The number of aromatic nitrogens is 1. The van der Waals surface area contributed by atoms with Crippen molar-refractivity contribution in [1.82, 2.24) is 4.98 Å². The standard InChI is InChI=1S/C18H19F3N4O4S/c1-30(28,29)15-5-2-4-14(17(15)25(26)27)23-8-3-9-24(11-10-23)16-7-6-13(12-22-16)18(19,20)21/h2,4-7,12H,3,8-11H2,1H3. The maximum atomic E-state index is 12.7. The number of anilines is 2. The zero-order chi connectivity index (χ0) is 22.1. The van der Waals surface area contributed by atoms with Crippen LogP contribution in [0.1, 0.15) is 12.0 Å². The minimum absolute atomic E-state index is 0.199. The number of benzene rings is 1. The van der Waals surface area contributed by atoms with E-state index in [1.165, 1.54) is 24.3 Å². The second-order valence-corrected chi connectivity index (χ2v) is 8.87. The Morgan fingerprint density at radius 3 is 2.30 bits per heavy atom. The SMILES string of the molecule is CS(=O)(=O)c1cccc(N2CCCN(c3ccc(C(F)(F)F)cn3)CC2)c1[N+](=O)[O-]. The lowest BCUT2D eigenvalue weighted by Gasteiger charge is -2.24. The minimum atomic E-state index is -4.47. The molecule has 8 nitrogen and oxygen atoms in total. The number of nitro groups is 1. The second kappa shape index (κ2) is 8.09. The van der Waals surface area contributed by atoms with Gasteiger partial charge in [-0.3, -0.25) is 10.1 Å². The van der Waals surface area contributed by atoms with E-state index in [0.717, 1.165) is 18.5 Å². The number of rotatable bonds is 4. The normalized spacial score (nSPS) is 15.7. The number of nitro benzene ring substituents is 1. The summed E-state index contributed by atoms with van der Waals surface area (Å²) < 4.78 is 62.1. The number of para-hydroxylation sites is 1. The fourth-order valence-corrected chi connectivity index (χ4v) is 4.23. The summed E-state index contributed by atoms with van der Waals surface area (Å²) in [6.07, 6.45) is -2.22. The van der Waals surface area contributed by atoms with Crippen molar-refractivity contribution < 1.29 is 26.5 Å². The zero-order valence-electron chi connectivity index (χ0n) is 16.0. The van der Waals surface area contributed by atoms with Crippen LogP contribution in [0.3, 0.4) is 0 Å². The van der Waals surface area contributed by atoms with E-state index in [9.17, 15) is 31.7 Å². The summed E-state index contributed by atoms with van der Waals surface area (Å²) in [5.74, 6) is 0.379. The zero-order valence-corrected chi connectivity index (χ0v) is 16.8. The van der Waals surface area contributed by atoms with Crippen LogP contribution in [0.25, 0.3) is 0 Å². The first-order valence-corrected chi connectivity index (χ1v) is 10.9. The first-order chi connectivity index (χ1) is 14.0. The third kappa shape index (κ3) is 4.64. The van der Waals surface area contributed by atoms with Gasteiger partial charge in [-0.15, -0.1) is 0 Å². The molecule has 2 heterocycles. The Labute approximate surface area is 171 Å². The molecule has 0 amide bonds. The van der Waals surface area contributed by atoms with Gasteiger partial charge in [0.25, 0.3) is 0 Å². The summed E-state index contributed by atoms with van der Waals surface area (Å²) in [6.45, 7) is 1.59.